The SMILES string of the molecule is CC(CN)(Cc1cc(Cl)ccc1O)N1CCOCC1. The standard InChI is InChI=1S/C14H21ClN2O2/c1-14(10-16,17-4-6-19-7-5-17)9-11-8-12(15)2-3-13(11)18/h2-3,8,18H,4-7,9-10,16H2,1H3. The van der Waals surface area contributed by atoms with E-state index in [0.29, 0.717) is 18.0 Å². The van der Waals surface area contributed by atoms with Gasteiger partial charge in [0.1, 0.15) is 5.75 Å². The number of halogens is 1. The van der Waals surface area contributed by atoms with Crippen molar-refractivity contribution in [1.82, 2.24) is 4.90 Å². The van der Waals surface area contributed by atoms with Crippen LogP contribution >= 0.6 is 11.6 Å². The highest BCUT2D eigenvalue weighted by Crippen LogP contribution is 2.28. The van der Waals surface area contributed by atoms with Crippen molar-refractivity contribution in [3.05, 3.63) is 28.8 Å². The normalized spacial score (nSPS) is 20.2. The maximum absolute atomic E-state index is 9.95. The quantitative estimate of drug-likeness (QED) is 0.882. The van der Waals surface area contributed by atoms with Crippen LogP contribution in [0.15, 0.2) is 18.2 Å². The summed E-state index contributed by atoms with van der Waals surface area (Å²) in [7, 11) is 0. The molecule has 1 aromatic carbocycles. The van der Waals surface area contributed by atoms with E-state index >= 15 is 0 Å². The predicted octanol–water partition coefficient (Wildman–Crippen LogP) is 1.64. The van der Waals surface area contributed by atoms with Crippen LogP contribution in [0, 0.1) is 0 Å². The monoisotopic (exact) mass is 284 g/mol. The van der Waals surface area contributed by atoms with Crippen molar-refractivity contribution in [2.24, 2.45) is 5.73 Å². The van der Waals surface area contributed by atoms with E-state index in [2.05, 4.69) is 11.8 Å². The van der Waals surface area contributed by atoms with E-state index in [4.69, 9.17) is 22.1 Å². The molecule has 1 atom stereocenters. The molecular formula is C14H21ClN2O2. The maximum Gasteiger partial charge on any atom is 0.118 e. The lowest BCUT2D eigenvalue weighted by atomic mass is 9.90. The molecule has 0 radical (unpaired) electrons. The fraction of sp³-hybridized carbons (Fsp3) is 0.571. The average molecular weight is 285 g/mol. The molecule has 2 rings (SSSR count). The van der Waals surface area contributed by atoms with E-state index < -0.39 is 0 Å². The molecule has 4 nitrogen and oxygen atoms in total. The van der Waals surface area contributed by atoms with E-state index in [1.807, 2.05) is 6.07 Å². The van der Waals surface area contributed by atoms with Crippen LogP contribution in [-0.4, -0.2) is 48.4 Å². The Morgan fingerprint density at radius 1 is 1.42 bits per heavy atom. The molecule has 5 heteroatoms. The Hall–Kier alpha value is -0.810. The highest BCUT2D eigenvalue weighted by molar-refractivity contribution is 6.30. The Bertz CT molecular complexity index is 435. The number of nitrogens with zero attached hydrogens (tertiary/aromatic N) is 1. The van der Waals surface area contributed by atoms with Crippen molar-refractivity contribution in [1.29, 1.82) is 0 Å². The fourth-order valence-electron chi connectivity index (χ4n) is 2.52. The van der Waals surface area contributed by atoms with E-state index in [-0.39, 0.29) is 11.3 Å². The minimum absolute atomic E-state index is 0.189. The number of phenolic OH excluding ortho intramolecular Hbond substituents is 1. The summed E-state index contributed by atoms with van der Waals surface area (Å²) in [5, 5.41) is 10.6. The van der Waals surface area contributed by atoms with Crippen LogP contribution in [-0.2, 0) is 11.2 Å². The molecule has 0 saturated carbocycles. The molecule has 0 bridgehead atoms. The number of morpholine rings is 1. The van der Waals surface area contributed by atoms with Gasteiger partial charge in [0.25, 0.3) is 0 Å². The molecule has 1 unspecified atom stereocenters. The molecule has 0 aromatic heterocycles. The molecule has 0 amide bonds. The Labute approximate surface area is 119 Å². The summed E-state index contributed by atoms with van der Waals surface area (Å²) < 4.78 is 5.38. The lowest BCUT2D eigenvalue weighted by Crippen LogP contribution is -2.56. The molecule has 1 aliphatic heterocycles. The van der Waals surface area contributed by atoms with E-state index in [9.17, 15) is 5.11 Å². The minimum atomic E-state index is -0.189. The summed E-state index contributed by atoms with van der Waals surface area (Å²) in [6.45, 7) is 5.86. The van der Waals surface area contributed by atoms with Crippen LogP contribution in [0.2, 0.25) is 5.02 Å². The first-order valence-electron chi connectivity index (χ1n) is 6.55. The van der Waals surface area contributed by atoms with Crippen molar-refractivity contribution >= 4 is 11.6 Å². The third-order valence-electron chi connectivity index (χ3n) is 3.83. The lowest BCUT2D eigenvalue weighted by Gasteiger charge is -2.43. The van der Waals surface area contributed by atoms with Gasteiger partial charge in [-0.25, -0.2) is 0 Å². The van der Waals surface area contributed by atoms with Crippen LogP contribution in [0.5, 0.6) is 5.75 Å². The van der Waals surface area contributed by atoms with Gasteiger partial charge in [-0.1, -0.05) is 11.6 Å². The number of nitrogens with two attached hydrogens (primary N) is 1. The number of ether oxygens (including phenoxy) is 1. The maximum atomic E-state index is 9.95. The average Bonchev–Trinajstić information content (AvgIpc) is 2.44. The summed E-state index contributed by atoms with van der Waals surface area (Å²) in [6, 6.07) is 5.13. The summed E-state index contributed by atoms with van der Waals surface area (Å²) >= 11 is 6.00. The molecule has 0 spiro atoms. The summed E-state index contributed by atoms with van der Waals surface area (Å²) in [5.41, 5.74) is 6.63. The largest absolute Gasteiger partial charge is 0.508 e. The van der Waals surface area contributed by atoms with Gasteiger partial charge in [-0.3, -0.25) is 4.90 Å². The Morgan fingerprint density at radius 2 is 2.11 bits per heavy atom. The third kappa shape index (κ3) is 3.39. The second-order valence-corrected chi connectivity index (χ2v) is 5.69. The van der Waals surface area contributed by atoms with Crippen LogP contribution in [0.1, 0.15) is 12.5 Å². The molecule has 1 heterocycles. The molecular weight excluding hydrogens is 264 g/mol. The highest BCUT2D eigenvalue weighted by Gasteiger charge is 2.32. The van der Waals surface area contributed by atoms with E-state index in [1.54, 1.807) is 12.1 Å². The highest BCUT2D eigenvalue weighted by atomic mass is 35.5. The zero-order chi connectivity index (χ0) is 13.9. The zero-order valence-electron chi connectivity index (χ0n) is 11.2. The molecule has 1 saturated heterocycles. The number of benzene rings is 1. The van der Waals surface area contributed by atoms with Crippen LogP contribution in [0.4, 0.5) is 0 Å². The smallest absolute Gasteiger partial charge is 0.118 e. The van der Waals surface area contributed by atoms with Crippen molar-refractivity contribution in [3.8, 4) is 5.75 Å². The second kappa shape index (κ2) is 6.09. The van der Waals surface area contributed by atoms with Gasteiger partial charge in [-0.05, 0) is 37.1 Å². The molecule has 1 aromatic rings. The minimum Gasteiger partial charge on any atom is -0.508 e. The molecule has 0 aliphatic carbocycles. The second-order valence-electron chi connectivity index (χ2n) is 5.25. The van der Waals surface area contributed by atoms with Gasteiger partial charge in [-0.15, -0.1) is 0 Å². The first kappa shape index (κ1) is 14.6. The van der Waals surface area contributed by atoms with Gasteiger partial charge < -0.3 is 15.6 Å². The topological polar surface area (TPSA) is 58.7 Å². The van der Waals surface area contributed by atoms with Crippen molar-refractivity contribution in [2.75, 3.05) is 32.8 Å². The summed E-state index contributed by atoms with van der Waals surface area (Å²) in [5.74, 6) is 0.275. The van der Waals surface area contributed by atoms with Gasteiger partial charge >= 0.3 is 0 Å². The molecule has 106 valence electrons. The number of phenols is 1. The van der Waals surface area contributed by atoms with Crippen LogP contribution in [0.25, 0.3) is 0 Å². The first-order valence-corrected chi connectivity index (χ1v) is 6.93. The number of hydrogen-bond donors (Lipinski definition) is 2. The van der Waals surface area contributed by atoms with Gasteiger partial charge in [-0.2, -0.15) is 0 Å². The number of hydrogen-bond acceptors (Lipinski definition) is 4. The Balaban J connectivity index is 2.19. The van der Waals surface area contributed by atoms with Crippen molar-refractivity contribution < 1.29 is 9.84 Å². The summed E-state index contributed by atoms with van der Waals surface area (Å²) in [6.07, 6.45) is 0.676. The predicted molar refractivity (Wildman–Crippen MR) is 76.7 cm³/mol. The van der Waals surface area contributed by atoms with E-state index in [1.165, 1.54) is 0 Å². The first-order chi connectivity index (χ1) is 9.05. The van der Waals surface area contributed by atoms with Crippen molar-refractivity contribution in [2.45, 2.75) is 18.9 Å². The van der Waals surface area contributed by atoms with E-state index in [0.717, 1.165) is 31.9 Å². The molecule has 1 fully saturated rings. The Morgan fingerprint density at radius 3 is 2.74 bits per heavy atom. The van der Waals surface area contributed by atoms with Crippen LogP contribution < -0.4 is 5.73 Å². The molecule has 1 aliphatic rings. The number of rotatable bonds is 4. The summed E-state index contributed by atoms with van der Waals surface area (Å²) in [4.78, 5) is 2.33. The molecule has 3 N–H and O–H groups in total. The van der Waals surface area contributed by atoms with Crippen molar-refractivity contribution in [3.63, 3.8) is 0 Å². The van der Waals surface area contributed by atoms with Gasteiger partial charge in [0.05, 0.1) is 13.2 Å². The Kier molecular flexibility index (Phi) is 4.68. The lowest BCUT2D eigenvalue weighted by molar-refractivity contribution is -0.0133. The third-order valence-corrected chi connectivity index (χ3v) is 4.06. The number of aromatic hydroxyl groups is 1. The van der Waals surface area contributed by atoms with Gasteiger partial charge in [0.15, 0.2) is 0 Å². The fourth-order valence-corrected chi connectivity index (χ4v) is 2.72. The molecule has 19 heavy (non-hydrogen) atoms. The van der Waals surface area contributed by atoms with Crippen LogP contribution in [0.3, 0.4) is 0 Å². The zero-order valence-corrected chi connectivity index (χ0v) is 12.0. The van der Waals surface area contributed by atoms with Gasteiger partial charge in [0.2, 0.25) is 0 Å². The van der Waals surface area contributed by atoms with Gasteiger partial charge in [0, 0.05) is 30.2 Å².